The third-order valence-electron chi connectivity index (χ3n) is 4.46. The van der Waals surface area contributed by atoms with E-state index in [9.17, 15) is 9.90 Å². The lowest BCUT2D eigenvalue weighted by Gasteiger charge is -2.37. The number of aliphatic hydroxyl groups excluding tert-OH is 1. The van der Waals surface area contributed by atoms with Gasteiger partial charge < -0.3 is 10.4 Å². The van der Waals surface area contributed by atoms with Crippen molar-refractivity contribution in [3.05, 3.63) is 30.1 Å². The molecule has 1 aromatic heterocycles. The highest BCUT2D eigenvalue weighted by atomic mass is 16.3. The number of hydrogen-bond acceptors (Lipinski definition) is 5. The van der Waals surface area contributed by atoms with Crippen LogP contribution in [0.15, 0.2) is 24.4 Å². The number of carbonyl (C=O) groups excluding carboxylic acids is 1. The Hall–Kier alpha value is -1.50. The van der Waals surface area contributed by atoms with Gasteiger partial charge in [0, 0.05) is 38.9 Å². The molecule has 1 atom stereocenters. The van der Waals surface area contributed by atoms with Crippen molar-refractivity contribution in [3.8, 4) is 0 Å². The maximum absolute atomic E-state index is 12.0. The SMILES string of the molecule is CC(C)(C)C(O)CN1CCN(CC(=O)NCc2ccccn2)CC1. The highest BCUT2D eigenvalue weighted by Gasteiger charge is 2.26. The number of carbonyl (C=O) groups is 1. The van der Waals surface area contributed by atoms with Crippen LogP contribution in [0.2, 0.25) is 0 Å². The lowest BCUT2D eigenvalue weighted by atomic mass is 9.89. The summed E-state index contributed by atoms with van der Waals surface area (Å²) in [5.41, 5.74) is 0.773. The normalized spacial score (nSPS) is 18.3. The molecule has 0 spiro atoms. The second-order valence-corrected chi connectivity index (χ2v) is 7.56. The number of pyridine rings is 1. The number of β-amino-alcohol motifs (C(OH)–C–C–N with tert-alkyl or cyclic N) is 1. The van der Waals surface area contributed by atoms with Gasteiger partial charge in [-0.2, -0.15) is 0 Å². The number of aromatic nitrogens is 1. The largest absolute Gasteiger partial charge is 0.391 e. The predicted octanol–water partition coefficient (Wildman–Crippen LogP) is 0.722. The third-order valence-corrected chi connectivity index (χ3v) is 4.46. The van der Waals surface area contributed by atoms with Crippen LogP contribution < -0.4 is 5.32 Å². The van der Waals surface area contributed by atoms with Gasteiger partial charge in [-0.15, -0.1) is 0 Å². The van der Waals surface area contributed by atoms with Crippen molar-refractivity contribution in [3.63, 3.8) is 0 Å². The summed E-state index contributed by atoms with van der Waals surface area (Å²) >= 11 is 0. The zero-order valence-electron chi connectivity index (χ0n) is 15.0. The van der Waals surface area contributed by atoms with Gasteiger partial charge in [-0.05, 0) is 17.5 Å². The van der Waals surface area contributed by atoms with E-state index in [2.05, 4.69) is 40.9 Å². The Kier molecular flexibility index (Phi) is 6.71. The van der Waals surface area contributed by atoms with Gasteiger partial charge in [0.2, 0.25) is 5.91 Å². The summed E-state index contributed by atoms with van der Waals surface area (Å²) in [6.45, 7) is 11.2. The van der Waals surface area contributed by atoms with Crippen LogP contribution in [0.5, 0.6) is 0 Å². The minimum Gasteiger partial charge on any atom is -0.391 e. The van der Waals surface area contributed by atoms with Crippen LogP contribution in [-0.2, 0) is 11.3 Å². The molecule has 2 rings (SSSR count). The van der Waals surface area contributed by atoms with Crippen LogP contribution in [0.4, 0.5) is 0 Å². The van der Waals surface area contributed by atoms with Crippen molar-refractivity contribution >= 4 is 5.91 Å². The van der Waals surface area contributed by atoms with Crippen molar-refractivity contribution in [2.45, 2.75) is 33.4 Å². The first-order valence-electron chi connectivity index (χ1n) is 8.64. The Morgan fingerprint density at radius 1 is 1.25 bits per heavy atom. The van der Waals surface area contributed by atoms with Gasteiger partial charge in [0.1, 0.15) is 0 Å². The van der Waals surface area contributed by atoms with Gasteiger partial charge in [0.15, 0.2) is 0 Å². The Balaban J connectivity index is 1.66. The average molecular weight is 334 g/mol. The number of nitrogens with one attached hydrogen (secondary N) is 1. The molecule has 2 heterocycles. The van der Waals surface area contributed by atoms with E-state index >= 15 is 0 Å². The molecular formula is C18H30N4O2. The fraction of sp³-hybridized carbons (Fsp3) is 0.667. The summed E-state index contributed by atoms with van der Waals surface area (Å²) in [5, 5.41) is 13.1. The molecule has 0 radical (unpaired) electrons. The van der Waals surface area contributed by atoms with E-state index in [4.69, 9.17) is 0 Å². The second kappa shape index (κ2) is 8.55. The molecule has 0 saturated carbocycles. The molecule has 2 N–H and O–H groups in total. The standard InChI is InChI=1S/C18H30N4O2/c1-18(2,3)16(23)13-21-8-10-22(11-9-21)14-17(24)20-12-15-6-4-5-7-19-15/h4-7,16,23H,8-14H2,1-3H3,(H,20,24). The van der Waals surface area contributed by atoms with Crippen molar-refractivity contribution < 1.29 is 9.90 Å². The molecule has 1 fully saturated rings. The van der Waals surface area contributed by atoms with Crippen LogP contribution in [0.3, 0.4) is 0 Å². The predicted molar refractivity (Wildman–Crippen MR) is 94.4 cm³/mol. The summed E-state index contributed by atoms with van der Waals surface area (Å²) in [5.74, 6) is 0.0313. The highest BCUT2D eigenvalue weighted by molar-refractivity contribution is 5.77. The molecule has 1 amide bonds. The van der Waals surface area contributed by atoms with Crippen LogP contribution >= 0.6 is 0 Å². The zero-order valence-corrected chi connectivity index (χ0v) is 15.0. The topological polar surface area (TPSA) is 68.7 Å². The van der Waals surface area contributed by atoms with Crippen molar-refractivity contribution in [2.75, 3.05) is 39.3 Å². The third kappa shape index (κ3) is 6.19. The average Bonchev–Trinajstić information content (AvgIpc) is 2.55. The van der Waals surface area contributed by atoms with E-state index in [0.717, 1.165) is 31.9 Å². The van der Waals surface area contributed by atoms with E-state index in [1.54, 1.807) is 6.20 Å². The molecule has 1 aromatic rings. The van der Waals surface area contributed by atoms with E-state index in [-0.39, 0.29) is 17.4 Å². The zero-order chi connectivity index (χ0) is 17.6. The van der Waals surface area contributed by atoms with Crippen molar-refractivity contribution in [1.82, 2.24) is 20.1 Å². The smallest absolute Gasteiger partial charge is 0.234 e. The number of amides is 1. The van der Waals surface area contributed by atoms with Crippen LogP contribution in [0.1, 0.15) is 26.5 Å². The molecule has 134 valence electrons. The Morgan fingerprint density at radius 3 is 2.50 bits per heavy atom. The van der Waals surface area contributed by atoms with Crippen molar-refractivity contribution in [1.29, 1.82) is 0 Å². The van der Waals surface area contributed by atoms with E-state index < -0.39 is 0 Å². The number of rotatable bonds is 6. The molecule has 6 nitrogen and oxygen atoms in total. The first kappa shape index (κ1) is 18.8. The number of hydrogen-bond donors (Lipinski definition) is 2. The summed E-state index contributed by atoms with van der Waals surface area (Å²) in [4.78, 5) is 20.7. The first-order chi connectivity index (χ1) is 11.3. The summed E-state index contributed by atoms with van der Waals surface area (Å²) in [6.07, 6.45) is 1.40. The molecular weight excluding hydrogens is 304 g/mol. The molecule has 1 aliphatic rings. The van der Waals surface area contributed by atoms with Crippen LogP contribution in [-0.4, -0.2) is 71.2 Å². The maximum Gasteiger partial charge on any atom is 0.234 e. The van der Waals surface area contributed by atoms with Gasteiger partial charge >= 0.3 is 0 Å². The van der Waals surface area contributed by atoms with E-state index in [1.165, 1.54) is 0 Å². The van der Waals surface area contributed by atoms with E-state index in [1.807, 2.05) is 18.2 Å². The number of nitrogens with zero attached hydrogens (tertiary/aromatic N) is 3. The summed E-state index contributed by atoms with van der Waals surface area (Å²) < 4.78 is 0. The van der Waals surface area contributed by atoms with Gasteiger partial charge in [-0.1, -0.05) is 26.8 Å². The summed E-state index contributed by atoms with van der Waals surface area (Å²) in [7, 11) is 0. The van der Waals surface area contributed by atoms with Gasteiger partial charge in [0.25, 0.3) is 0 Å². The lowest BCUT2D eigenvalue weighted by Crippen LogP contribution is -2.52. The molecule has 0 bridgehead atoms. The molecule has 1 saturated heterocycles. The van der Waals surface area contributed by atoms with Gasteiger partial charge in [-0.25, -0.2) is 0 Å². The minimum absolute atomic E-state index is 0.0313. The molecule has 1 aliphatic heterocycles. The molecule has 1 unspecified atom stereocenters. The summed E-state index contributed by atoms with van der Waals surface area (Å²) in [6, 6.07) is 5.68. The molecule has 0 aliphatic carbocycles. The Morgan fingerprint density at radius 2 is 1.92 bits per heavy atom. The van der Waals surface area contributed by atoms with Crippen LogP contribution in [0, 0.1) is 5.41 Å². The molecule has 6 heteroatoms. The lowest BCUT2D eigenvalue weighted by molar-refractivity contribution is -0.123. The fourth-order valence-electron chi connectivity index (χ4n) is 2.60. The quantitative estimate of drug-likeness (QED) is 0.802. The molecule has 0 aromatic carbocycles. The first-order valence-corrected chi connectivity index (χ1v) is 8.64. The Bertz CT molecular complexity index is 508. The fourth-order valence-corrected chi connectivity index (χ4v) is 2.60. The van der Waals surface area contributed by atoms with Crippen molar-refractivity contribution in [2.24, 2.45) is 5.41 Å². The number of piperazine rings is 1. The highest BCUT2D eigenvalue weighted by Crippen LogP contribution is 2.20. The number of aliphatic hydroxyl groups is 1. The van der Waals surface area contributed by atoms with E-state index in [0.29, 0.717) is 19.6 Å². The minimum atomic E-state index is -0.328. The monoisotopic (exact) mass is 334 g/mol. The van der Waals surface area contributed by atoms with Crippen LogP contribution in [0.25, 0.3) is 0 Å². The Labute approximate surface area is 144 Å². The molecule has 24 heavy (non-hydrogen) atoms. The van der Waals surface area contributed by atoms with Gasteiger partial charge in [-0.3, -0.25) is 19.6 Å². The van der Waals surface area contributed by atoms with Gasteiger partial charge in [0.05, 0.1) is 24.9 Å². The maximum atomic E-state index is 12.0. The second-order valence-electron chi connectivity index (χ2n) is 7.56.